The zero-order chi connectivity index (χ0) is 7.78. The smallest absolute Gasteiger partial charge is 0.134 e. The van der Waals surface area contributed by atoms with E-state index in [9.17, 15) is 4.21 Å². The maximum atomic E-state index is 10.8. The molecular weight excluding hydrogens is 192 g/mol. The molecule has 0 aliphatic carbocycles. The molecule has 0 aliphatic rings. The van der Waals surface area contributed by atoms with E-state index in [-0.39, 0.29) is 4.90 Å². The standard InChI is InChI=1S/C4H5ClN2OS2/c5-4-3(1-2-9-4)10(6,7)8/h1-2H,(H3,6,7,8). The van der Waals surface area contributed by atoms with Gasteiger partial charge in [0.15, 0.2) is 0 Å². The second kappa shape index (κ2) is 2.50. The maximum absolute atomic E-state index is 10.8. The predicted molar refractivity (Wildman–Crippen MR) is 42.6 cm³/mol. The van der Waals surface area contributed by atoms with Crippen LogP contribution in [0.5, 0.6) is 0 Å². The summed E-state index contributed by atoms with van der Waals surface area (Å²) in [5, 5.41) is 6.67. The van der Waals surface area contributed by atoms with Crippen LogP contribution in [-0.2, 0) is 9.92 Å². The van der Waals surface area contributed by atoms with Crippen molar-refractivity contribution < 1.29 is 4.21 Å². The lowest BCUT2D eigenvalue weighted by Crippen LogP contribution is -2.09. The molecule has 3 N–H and O–H groups in total. The molecule has 1 aromatic heterocycles. The van der Waals surface area contributed by atoms with Crippen molar-refractivity contribution in [2.24, 2.45) is 5.14 Å². The predicted octanol–water partition coefficient (Wildman–Crippen LogP) is 1.68. The minimum atomic E-state index is -3.11. The molecule has 0 spiro atoms. The van der Waals surface area contributed by atoms with Crippen LogP contribution in [0.4, 0.5) is 0 Å². The van der Waals surface area contributed by atoms with Crippen molar-refractivity contribution >= 4 is 32.9 Å². The number of nitrogens with one attached hydrogen (secondary N) is 1. The monoisotopic (exact) mass is 196 g/mol. The summed E-state index contributed by atoms with van der Waals surface area (Å²) in [7, 11) is -3.11. The average molecular weight is 197 g/mol. The molecule has 1 rings (SSSR count). The van der Waals surface area contributed by atoms with Gasteiger partial charge in [-0.3, -0.25) is 0 Å². The fourth-order valence-electron chi connectivity index (χ4n) is 0.499. The third-order valence-corrected chi connectivity index (χ3v) is 3.32. The van der Waals surface area contributed by atoms with E-state index in [1.54, 1.807) is 5.38 Å². The number of rotatable bonds is 1. The van der Waals surface area contributed by atoms with Crippen molar-refractivity contribution in [3.63, 3.8) is 0 Å². The molecule has 1 unspecified atom stereocenters. The molecule has 10 heavy (non-hydrogen) atoms. The van der Waals surface area contributed by atoms with Crippen molar-refractivity contribution in [2.75, 3.05) is 0 Å². The van der Waals surface area contributed by atoms with Gasteiger partial charge in [0.1, 0.15) is 14.3 Å². The molecule has 6 heteroatoms. The number of halogens is 1. The number of nitrogens with two attached hydrogens (primary N) is 1. The molecule has 56 valence electrons. The summed E-state index contributed by atoms with van der Waals surface area (Å²) < 4.78 is 18.1. The first-order valence-electron chi connectivity index (χ1n) is 2.31. The highest BCUT2D eigenvalue weighted by atomic mass is 35.5. The van der Waals surface area contributed by atoms with E-state index in [4.69, 9.17) is 21.5 Å². The van der Waals surface area contributed by atoms with Gasteiger partial charge in [-0.05, 0) is 11.4 Å². The Morgan fingerprint density at radius 3 is 2.60 bits per heavy atom. The van der Waals surface area contributed by atoms with Crippen molar-refractivity contribution in [3.8, 4) is 0 Å². The summed E-state index contributed by atoms with van der Waals surface area (Å²) in [6.07, 6.45) is 0. The van der Waals surface area contributed by atoms with Crippen LogP contribution in [0.1, 0.15) is 0 Å². The van der Waals surface area contributed by atoms with E-state index in [1.807, 2.05) is 0 Å². The quantitative estimate of drug-likeness (QED) is 0.705. The lowest BCUT2D eigenvalue weighted by Gasteiger charge is -1.94. The Bertz CT molecular complexity index is 329. The summed E-state index contributed by atoms with van der Waals surface area (Å²) in [5.41, 5.74) is 0. The highest BCUT2D eigenvalue weighted by Gasteiger charge is 2.08. The van der Waals surface area contributed by atoms with Gasteiger partial charge in [0, 0.05) is 0 Å². The van der Waals surface area contributed by atoms with Crippen molar-refractivity contribution in [3.05, 3.63) is 15.8 Å². The summed E-state index contributed by atoms with van der Waals surface area (Å²) in [5.74, 6) is 0. The molecule has 1 atom stereocenters. The second-order valence-corrected chi connectivity index (χ2v) is 4.82. The average Bonchev–Trinajstić information content (AvgIpc) is 2.11. The maximum Gasteiger partial charge on any atom is 0.134 e. The summed E-state index contributed by atoms with van der Waals surface area (Å²) >= 11 is 6.78. The Balaban J connectivity index is 3.32. The molecule has 0 aliphatic heterocycles. The molecule has 0 bridgehead atoms. The lowest BCUT2D eigenvalue weighted by atomic mass is 10.7. The summed E-state index contributed by atoms with van der Waals surface area (Å²) in [6, 6.07) is 1.50. The van der Waals surface area contributed by atoms with Crippen LogP contribution in [-0.4, -0.2) is 4.21 Å². The van der Waals surface area contributed by atoms with E-state index < -0.39 is 9.92 Å². The Morgan fingerprint density at radius 1 is 1.80 bits per heavy atom. The van der Waals surface area contributed by atoms with Gasteiger partial charge in [-0.1, -0.05) is 11.6 Å². The molecule has 0 saturated heterocycles. The van der Waals surface area contributed by atoms with Gasteiger partial charge in [0.2, 0.25) is 0 Å². The van der Waals surface area contributed by atoms with Gasteiger partial charge in [0.05, 0.1) is 4.90 Å². The third-order valence-electron chi connectivity index (χ3n) is 0.911. The Hall–Kier alpha value is -0.100. The van der Waals surface area contributed by atoms with Gasteiger partial charge in [-0.15, -0.1) is 11.3 Å². The first-order valence-corrected chi connectivity index (χ1v) is 5.19. The lowest BCUT2D eigenvalue weighted by molar-refractivity contribution is 0.676. The minimum Gasteiger partial charge on any atom is -0.241 e. The zero-order valence-electron chi connectivity index (χ0n) is 4.83. The van der Waals surface area contributed by atoms with Gasteiger partial charge in [-0.2, -0.15) is 0 Å². The topological polar surface area (TPSA) is 66.9 Å². The minimum absolute atomic E-state index is 0.221. The van der Waals surface area contributed by atoms with E-state index >= 15 is 0 Å². The van der Waals surface area contributed by atoms with Crippen molar-refractivity contribution in [2.45, 2.75) is 4.90 Å². The van der Waals surface area contributed by atoms with Crippen LogP contribution < -0.4 is 5.14 Å². The van der Waals surface area contributed by atoms with Crippen LogP contribution in [0.25, 0.3) is 0 Å². The third kappa shape index (κ3) is 1.49. The fourth-order valence-corrected chi connectivity index (χ4v) is 2.68. The molecule has 0 aromatic carbocycles. The van der Waals surface area contributed by atoms with Gasteiger partial charge in [-0.25, -0.2) is 14.1 Å². The molecule has 0 radical (unpaired) electrons. The Labute approximate surface area is 67.9 Å². The first kappa shape index (κ1) is 8.00. The summed E-state index contributed by atoms with van der Waals surface area (Å²) in [6.45, 7) is 0. The van der Waals surface area contributed by atoms with Crippen LogP contribution in [0.15, 0.2) is 16.3 Å². The molecule has 0 fully saturated rings. The van der Waals surface area contributed by atoms with Crippen LogP contribution in [0, 0.1) is 4.78 Å². The van der Waals surface area contributed by atoms with Gasteiger partial charge < -0.3 is 0 Å². The van der Waals surface area contributed by atoms with Gasteiger partial charge in [0.25, 0.3) is 0 Å². The Kier molecular flexibility index (Phi) is 2.00. The highest BCUT2D eigenvalue weighted by molar-refractivity contribution is 7.90. The van der Waals surface area contributed by atoms with E-state index in [0.29, 0.717) is 4.34 Å². The number of thiophene rings is 1. The number of hydrogen-bond donors (Lipinski definition) is 2. The van der Waals surface area contributed by atoms with E-state index in [2.05, 4.69) is 0 Å². The molecule has 0 amide bonds. The Morgan fingerprint density at radius 2 is 2.40 bits per heavy atom. The largest absolute Gasteiger partial charge is 0.241 e. The first-order chi connectivity index (χ1) is 4.52. The van der Waals surface area contributed by atoms with Crippen LogP contribution in [0.3, 0.4) is 0 Å². The summed E-state index contributed by atoms with van der Waals surface area (Å²) in [4.78, 5) is 0.221. The molecule has 0 saturated carbocycles. The molecular formula is C4H5ClN2OS2. The molecule has 3 nitrogen and oxygen atoms in total. The van der Waals surface area contributed by atoms with E-state index in [1.165, 1.54) is 17.4 Å². The van der Waals surface area contributed by atoms with E-state index in [0.717, 1.165) is 0 Å². The van der Waals surface area contributed by atoms with Crippen molar-refractivity contribution in [1.29, 1.82) is 4.78 Å². The zero-order valence-corrected chi connectivity index (χ0v) is 7.22. The van der Waals surface area contributed by atoms with Crippen LogP contribution in [0.2, 0.25) is 4.34 Å². The number of hydrogen-bond acceptors (Lipinski definition) is 3. The second-order valence-electron chi connectivity index (χ2n) is 1.66. The SMILES string of the molecule is N=S(N)(=O)c1ccsc1Cl. The van der Waals surface area contributed by atoms with Gasteiger partial charge >= 0.3 is 0 Å². The fraction of sp³-hybridized carbons (Fsp3) is 0. The van der Waals surface area contributed by atoms with Crippen LogP contribution >= 0.6 is 22.9 Å². The normalized spacial score (nSPS) is 16.6. The molecule has 1 heterocycles. The highest BCUT2D eigenvalue weighted by Crippen LogP contribution is 2.25. The van der Waals surface area contributed by atoms with Crippen molar-refractivity contribution in [1.82, 2.24) is 0 Å². The molecule has 1 aromatic rings.